The Morgan fingerprint density at radius 2 is 2.12 bits per heavy atom. The third-order valence-corrected chi connectivity index (χ3v) is 5.04. The van der Waals surface area contributed by atoms with Gasteiger partial charge in [0.15, 0.2) is 40.8 Å². The predicted octanol–water partition coefficient (Wildman–Crippen LogP) is -1.54. The van der Waals surface area contributed by atoms with Gasteiger partial charge in [0.25, 0.3) is 5.91 Å². The summed E-state index contributed by atoms with van der Waals surface area (Å²) in [6.45, 7) is 3.11. The maximum absolute atomic E-state index is 12.0. The van der Waals surface area contributed by atoms with Gasteiger partial charge in [-0.15, -0.1) is 5.10 Å². The molecule has 1 fully saturated rings. The minimum Gasteiger partial charge on any atom is -0.387 e. The lowest BCUT2D eigenvalue weighted by atomic mass is 10.1. The van der Waals surface area contributed by atoms with Gasteiger partial charge in [-0.3, -0.25) is 14.2 Å². The molecule has 4 N–H and O–H groups in total. The van der Waals surface area contributed by atoms with Crippen molar-refractivity contribution in [2.75, 3.05) is 32.9 Å². The number of amides is 1. The smallest absolute Gasteiger partial charge is 0.251 e. The third kappa shape index (κ3) is 4.36. The summed E-state index contributed by atoms with van der Waals surface area (Å²) in [5, 5.41) is 31.4. The Morgan fingerprint density at radius 1 is 1.30 bits per heavy atom. The van der Waals surface area contributed by atoms with Gasteiger partial charge in [-0.2, -0.15) is 0 Å². The van der Waals surface area contributed by atoms with Crippen LogP contribution in [0.4, 0.5) is 5.82 Å². The zero-order valence-corrected chi connectivity index (χ0v) is 18.2. The van der Waals surface area contributed by atoms with Crippen molar-refractivity contribution < 1.29 is 29.3 Å². The number of rotatable bonds is 9. The fourth-order valence-corrected chi connectivity index (χ4v) is 3.37. The normalized spacial score (nSPS) is 22.7. The summed E-state index contributed by atoms with van der Waals surface area (Å²) in [5.41, 5.74) is 3.71. The number of anilines is 1. The lowest BCUT2D eigenvalue weighted by Gasteiger charge is -2.16. The quantitative estimate of drug-likeness (QED) is 0.269. The van der Waals surface area contributed by atoms with Crippen LogP contribution in [0.15, 0.2) is 12.5 Å². The van der Waals surface area contributed by atoms with Gasteiger partial charge in [-0.1, -0.05) is 5.21 Å². The van der Waals surface area contributed by atoms with E-state index in [0.717, 1.165) is 0 Å². The first-order valence-corrected chi connectivity index (χ1v) is 10.2. The van der Waals surface area contributed by atoms with Crippen molar-refractivity contribution in [1.29, 1.82) is 0 Å². The molecule has 1 unspecified atom stereocenters. The van der Waals surface area contributed by atoms with E-state index in [4.69, 9.17) is 14.3 Å². The van der Waals surface area contributed by atoms with Gasteiger partial charge in [-0.05, 0) is 6.92 Å². The molecule has 15 heteroatoms. The van der Waals surface area contributed by atoms with E-state index in [1.807, 2.05) is 0 Å². The molecule has 4 heterocycles. The summed E-state index contributed by atoms with van der Waals surface area (Å²) in [4.78, 5) is 30.6. The second kappa shape index (κ2) is 9.72. The van der Waals surface area contributed by atoms with Crippen LogP contribution >= 0.6 is 0 Å². The van der Waals surface area contributed by atoms with E-state index >= 15 is 0 Å². The van der Waals surface area contributed by atoms with Gasteiger partial charge in [0.2, 0.25) is 0 Å². The molecule has 178 valence electrons. The van der Waals surface area contributed by atoms with Crippen molar-refractivity contribution in [1.82, 2.24) is 39.8 Å². The van der Waals surface area contributed by atoms with Crippen molar-refractivity contribution >= 4 is 22.9 Å². The fraction of sp³-hybridized carbons (Fsp3) is 0.556. The van der Waals surface area contributed by atoms with Crippen LogP contribution in [-0.4, -0.2) is 96.3 Å². The minimum atomic E-state index is -1.43. The Labute approximate surface area is 187 Å². The SMILES string of the molecule is CCONc1nc(-c2cn(CCOC)nn2)nc2c1ncn2C1O[C@H](C(=O)NC)[C@@H](O)[C@H]1O. The highest BCUT2D eigenvalue weighted by Gasteiger charge is 2.47. The second-order valence-corrected chi connectivity index (χ2v) is 7.16. The van der Waals surface area contributed by atoms with Crippen LogP contribution in [0, 0.1) is 0 Å². The number of hydrogen-bond donors (Lipinski definition) is 4. The molecule has 3 aromatic heterocycles. The van der Waals surface area contributed by atoms with Crippen LogP contribution in [0.5, 0.6) is 0 Å². The van der Waals surface area contributed by atoms with Gasteiger partial charge in [-0.25, -0.2) is 25.1 Å². The topological polar surface area (TPSA) is 184 Å². The average Bonchev–Trinajstić information content (AvgIpc) is 3.54. The molecule has 33 heavy (non-hydrogen) atoms. The molecule has 0 aliphatic carbocycles. The molecule has 3 aromatic rings. The number of methoxy groups -OCH3 is 1. The molecular formula is C18H25N9O6. The Kier molecular flexibility index (Phi) is 6.75. The number of hydrogen-bond acceptors (Lipinski definition) is 12. The summed E-state index contributed by atoms with van der Waals surface area (Å²) >= 11 is 0. The number of aliphatic hydroxyl groups is 2. The van der Waals surface area contributed by atoms with E-state index < -0.39 is 30.4 Å². The van der Waals surface area contributed by atoms with E-state index in [1.165, 1.54) is 17.9 Å². The van der Waals surface area contributed by atoms with Crippen LogP contribution in [0.2, 0.25) is 0 Å². The largest absolute Gasteiger partial charge is 0.387 e. The van der Waals surface area contributed by atoms with Crippen LogP contribution < -0.4 is 10.8 Å². The minimum absolute atomic E-state index is 0.214. The highest BCUT2D eigenvalue weighted by atomic mass is 16.6. The summed E-state index contributed by atoms with van der Waals surface area (Å²) < 4.78 is 13.7. The number of aliphatic hydroxyl groups excluding tert-OH is 2. The number of ether oxygens (including phenoxy) is 2. The Balaban J connectivity index is 1.75. The van der Waals surface area contributed by atoms with Crippen LogP contribution in [-0.2, 0) is 25.7 Å². The van der Waals surface area contributed by atoms with Gasteiger partial charge < -0.3 is 25.0 Å². The van der Waals surface area contributed by atoms with Gasteiger partial charge in [0, 0.05) is 14.2 Å². The first-order valence-electron chi connectivity index (χ1n) is 10.2. The van der Waals surface area contributed by atoms with E-state index in [1.54, 1.807) is 24.9 Å². The van der Waals surface area contributed by atoms with Gasteiger partial charge in [0.05, 0.1) is 32.3 Å². The van der Waals surface area contributed by atoms with Crippen LogP contribution in [0.1, 0.15) is 13.2 Å². The molecule has 0 radical (unpaired) electrons. The fourth-order valence-electron chi connectivity index (χ4n) is 3.37. The summed E-state index contributed by atoms with van der Waals surface area (Å²) in [5.74, 6) is -0.0842. The third-order valence-electron chi connectivity index (χ3n) is 5.04. The molecule has 15 nitrogen and oxygen atoms in total. The number of nitrogens with zero attached hydrogens (tertiary/aromatic N) is 7. The molecular weight excluding hydrogens is 438 g/mol. The lowest BCUT2D eigenvalue weighted by Crippen LogP contribution is -2.41. The van der Waals surface area contributed by atoms with Crippen molar-refractivity contribution in [2.45, 2.75) is 38.0 Å². The van der Waals surface area contributed by atoms with Crippen molar-refractivity contribution in [3.8, 4) is 11.5 Å². The van der Waals surface area contributed by atoms with Crippen molar-refractivity contribution in [2.24, 2.45) is 0 Å². The second-order valence-electron chi connectivity index (χ2n) is 7.16. The molecule has 0 spiro atoms. The standard InChI is InChI=1S/C18H25N9O6/c1-4-32-24-15-10-16(22-14(21-15)9-7-26(25-23-9)5-6-31-3)27(8-20-10)18-12(29)11(28)13(33-18)17(30)19-2/h7-8,11-13,18,28-29H,4-6H2,1-3H3,(H,19,30)(H,21,22,24)/t11-,12+,13-,18?/m0/s1. The molecule has 0 saturated carbocycles. The Bertz CT molecular complexity index is 1120. The Morgan fingerprint density at radius 3 is 2.85 bits per heavy atom. The number of fused-ring (bicyclic) bond motifs is 1. The molecule has 4 atom stereocenters. The molecule has 1 amide bonds. The maximum atomic E-state index is 12.0. The highest BCUT2D eigenvalue weighted by molar-refractivity contribution is 5.85. The summed E-state index contributed by atoms with van der Waals surface area (Å²) in [7, 11) is 3.00. The maximum Gasteiger partial charge on any atom is 0.251 e. The zero-order valence-electron chi connectivity index (χ0n) is 18.2. The van der Waals surface area contributed by atoms with Crippen LogP contribution in [0.25, 0.3) is 22.7 Å². The van der Waals surface area contributed by atoms with E-state index in [-0.39, 0.29) is 17.3 Å². The molecule has 1 aliphatic rings. The van der Waals surface area contributed by atoms with Crippen LogP contribution in [0.3, 0.4) is 0 Å². The molecule has 1 aliphatic heterocycles. The van der Waals surface area contributed by atoms with Crippen molar-refractivity contribution in [3.63, 3.8) is 0 Å². The molecule has 0 aromatic carbocycles. The number of likely N-dealkylation sites (N-methyl/N-ethyl adjacent to an activating group) is 1. The first kappa shape index (κ1) is 22.9. The number of imidazole rings is 1. The molecule has 4 rings (SSSR count). The predicted molar refractivity (Wildman–Crippen MR) is 111 cm³/mol. The molecule has 1 saturated heterocycles. The Hall–Kier alpha value is -3.24. The first-order chi connectivity index (χ1) is 16.0. The zero-order chi connectivity index (χ0) is 23.5. The van der Waals surface area contributed by atoms with E-state index in [0.29, 0.717) is 31.0 Å². The number of aromatic nitrogens is 7. The van der Waals surface area contributed by atoms with E-state index in [9.17, 15) is 15.0 Å². The number of carbonyl (C=O) groups excluding carboxylic acids is 1. The van der Waals surface area contributed by atoms with Gasteiger partial charge >= 0.3 is 0 Å². The number of carbonyl (C=O) groups is 1. The lowest BCUT2D eigenvalue weighted by molar-refractivity contribution is -0.137. The summed E-state index contributed by atoms with van der Waals surface area (Å²) in [6, 6.07) is 0. The van der Waals surface area contributed by atoms with E-state index in [2.05, 4.69) is 36.1 Å². The highest BCUT2D eigenvalue weighted by Crippen LogP contribution is 2.33. The monoisotopic (exact) mass is 463 g/mol. The average molecular weight is 463 g/mol. The summed E-state index contributed by atoms with van der Waals surface area (Å²) in [6.07, 6.45) is -2.17. The molecule has 0 bridgehead atoms. The van der Waals surface area contributed by atoms with Crippen molar-refractivity contribution in [3.05, 3.63) is 12.5 Å². The van der Waals surface area contributed by atoms with Gasteiger partial charge in [0.1, 0.15) is 12.2 Å². The number of nitrogens with one attached hydrogen (secondary N) is 2.